The van der Waals surface area contributed by atoms with E-state index in [0.717, 1.165) is 36.1 Å². The van der Waals surface area contributed by atoms with E-state index in [-0.39, 0.29) is 5.82 Å². The molecule has 0 aromatic heterocycles. The summed E-state index contributed by atoms with van der Waals surface area (Å²) in [4.78, 5) is 8.04. The summed E-state index contributed by atoms with van der Waals surface area (Å²) in [5, 5.41) is 3.32. The second kappa shape index (κ2) is 7.53. The maximum Gasteiger partial charge on any atom is 0.194 e. The van der Waals surface area contributed by atoms with Crippen LogP contribution in [-0.2, 0) is 6.54 Å². The zero-order valence-corrected chi connectivity index (χ0v) is 13.0. The lowest BCUT2D eigenvalue weighted by Crippen LogP contribution is -2.39. The Kier molecular flexibility index (Phi) is 5.71. The third-order valence-electron chi connectivity index (χ3n) is 3.38. The molecule has 1 N–H and O–H groups in total. The minimum absolute atomic E-state index is 0.195. The quantitative estimate of drug-likeness (QED) is 0.525. The van der Waals surface area contributed by atoms with Crippen molar-refractivity contribution in [2.45, 2.75) is 31.2 Å². The van der Waals surface area contributed by atoms with Gasteiger partial charge in [-0.15, -0.1) is 11.8 Å². The minimum atomic E-state index is -0.195. The summed E-state index contributed by atoms with van der Waals surface area (Å²) in [7, 11) is 0. The van der Waals surface area contributed by atoms with E-state index in [1.54, 1.807) is 17.8 Å². The minimum Gasteiger partial charge on any atom is -0.357 e. The Morgan fingerprint density at radius 2 is 2.15 bits per heavy atom. The van der Waals surface area contributed by atoms with E-state index in [9.17, 15) is 4.39 Å². The first-order valence-electron chi connectivity index (χ1n) is 7.10. The molecule has 3 nitrogen and oxygen atoms in total. The fourth-order valence-electron chi connectivity index (χ4n) is 2.39. The van der Waals surface area contributed by atoms with Gasteiger partial charge in [0.2, 0.25) is 0 Å². The summed E-state index contributed by atoms with van der Waals surface area (Å²) in [6, 6.07) is 4.92. The Hall–Kier alpha value is -1.23. The molecule has 0 spiro atoms. The molecule has 1 aliphatic heterocycles. The molecule has 0 atom stereocenters. The van der Waals surface area contributed by atoms with Crippen LogP contribution in [0, 0.1) is 5.82 Å². The number of benzene rings is 1. The first kappa shape index (κ1) is 15.2. The lowest BCUT2D eigenvalue weighted by Gasteiger charge is -2.20. The average Bonchev–Trinajstić information content (AvgIpc) is 2.97. The van der Waals surface area contributed by atoms with E-state index in [2.05, 4.69) is 22.1 Å². The Morgan fingerprint density at radius 3 is 2.80 bits per heavy atom. The predicted octanol–water partition coefficient (Wildman–Crippen LogP) is 3.11. The second-order valence-corrected chi connectivity index (χ2v) is 5.67. The van der Waals surface area contributed by atoms with Crippen LogP contribution in [-0.4, -0.2) is 36.7 Å². The molecular weight excluding hydrogens is 273 g/mol. The maximum atomic E-state index is 13.4. The number of hydrogen-bond acceptors (Lipinski definition) is 2. The molecule has 0 aliphatic carbocycles. The molecule has 110 valence electrons. The Balaban J connectivity index is 2.13. The van der Waals surface area contributed by atoms with Gasteiger partial charge in [-0.1, -0.05) is 0 Å². The van der Waals surface area contributed by atoms with Gasteiger partial charge in [-0.25, -0.2) is 9.38 Å². The van der Waals surface area contributed by atoms with Crippen molar-refractivity contribution in [3.8, 4) is 0 Å². The van der Waals surface area contributed by atoms with Crippen LogP contribution >= 0.6 is 11.8 Å². The van der Waals surface area contributed by atoms with E-state index in [4.69, 9.17) is 0 Å². The Morgan fingerprint density at radius 1 is 1.40 bits per heavy atom. The molecule has 1 aliphatic rings. The van der Waals surface area contributed by atoms with Crippen LogP contribution in [0.4, 0.5) is 4.39 Å². The Labute approximate surface area is 124 Å². The van der Waals surface area contributed by atoms with Gasteiger partial charge in [-0.2, -0.15) is 0 Å². The maximum absolute atomic E-state index is 13.4. The fraction of sp³-hybridized carbons (Fsp3) is 0.533. The highest BCUT2D eigenvalue weighted by Crippen LogP contribution is 2.22. The van der Waals surface area contributed by atoms with Gasteiger partial charge in [0.25, 0.3) is 0 Å². The van der Waals surface area contributed by atoms with Gasteiger partial charge < -0.3 is 10.2 Å². The topological polar surface area (TPSA) is 27.6 Å². The SMILES string of the molecule is CCNC(=NCc1cc(F)ccc1SC)N1CCCC1. The van der Waals surface area contributed by atoms with Gasteiger partial charge in [-0.05, 0) is 49.8 Å². The normalized spacial score (nSPS) is 15.8. The second-order valence-electron chi connectivity index (χ2n) is 4.82. The van der Waals surface area contributed by atoms with Crippen molar-refractivity contribution in [1.82, 2.24) is 10.2 Å². The first-order valence-corrected chi connectivity index (χ1v) is 8.32. The molecule has 0 amide bonds. The molecule has 1 aromatic rings. The first-order chi connectivity index (χ1) is 9.74. The third kappa shape index (κ3) is 3.88. The van der Waals surface area contributed by atoms with Crippen molar-refractivity contribution in [2.75, 3.05) is 25.9 Å². The lowest BCUT2D eigenvalue weighted by molar-refractivity contribution is 0.493. The number of rotatable bonds is 4. The number of aliphatic imine (C=N–C) groups is 1. The molecule has 0 radical (unpaired) electrons. The van der Waals surface area contributed by atoms with E-state index >= 15 is 0 Å². The highest BCUT2D eigenvalue weighted by atomic mass is 32.2. The summed E-state index contributed by atoms with van der Waals surface area (Å²) in [6.07, 6.45) is 4.45. The fourth-order valence-corrected chi connectivity index (χ4v) is 2.98. The van der Waals surface area contributed by atoms with Gasteiger partial charge in [-0.3, -0.25) is 0 Å². The van der Waals surface area contributed by atoms with Crippen LogP contribution < -0.4 is 5.32 Å². The number of guanidine groups is 1. The molecule has 20 heavy (non-hydrogen) atoms. The van der Waals surface area contributed by atoms with Gasteiger partial charge in [0.1, 0.15) is 5.82 Å². The van der Waals surface area contributed by atoms with Crippen molar-refractivity contribution in [3.63, 3.8) is 0 Å². The summed E-state index contributed by atoms with van der Waals surface area (Å²) in [5.41, 5.74) is 0.951. The van der Waals surface area contributed by atoms with Crippen molar-refractivity contribution in [1.29, 1.82) is 0 Å². The molecule has 1 saturated heterocycles. The smallest absolute Gasteiger partial charge is 0.194 e. The molecule has 2 rings (SSSR count). The molecule has 1 aromatic carbocycles. The largest absolute Gasteiger partial charge is 0.357 e. The Bertz CT molecular complexity index is 470. The lowest BCUT2D eigenvalue weighted by atomic mass is 10.2. The zero-order chi connectivity index (χ0) is 14.4. The monoisotopic (exact) mass is 295 g/mol. The average molecular weight is 295 g/mol. The van der Waals surface area contributed by atoms with Crippen LogP contribution in [0.1, 0.15) is 25.3 Å². The van der Waals surface area contributed by atoms with Crippen LogP contribution in [0.3, 0.4) is 0 Å². The molecule has 0 unspecified atom stereocenters. The highest BCUT2D eigenvalue weighted by Gasteiger charge is 2.15. The predicted molar refractivity (Wildman–Crippen MR) is 83.8 cm³/mol. The van der Waals surface area contributed by atoms with Crippen LogP contribution in [0.25, 0.3) is 0 Å². The molecule has 1 fully saturated rings. The van der Waals surface area contributed by atoms with Gasteiger partial charge in [0, 0.05) is 24.5 Å². The van der Waals surface area contributed by atoms with Crippen LogP contribution in [0.15, 0.2) is 28.1 Å². The molecule has 0 bridgehead atoms. The van der Waals surface area contributed by atoms with Gasteiger partial charge >= 0.3 is 0 Å². The number of thioether (sulfide) groups is 1. The molecule has 0 saturated carbocycles. The number of halogens is 1. The van der Waals surface area contributed by atoms with Crippen molar-refractivity contribution >= 4 is 17.7 Å². The van der Waals surface area contributed by atoms with E-state index in [0.29, 0.717) is 6.54 Å². The van der Waals surface area contributed by atoms with Gasteiger partial charge in [0.05, 0.1) is 6.54 Å². The van der Waals surface area contributed by atoms with Crippen molar-refractivity contribution in [2.24, 2.45) is 4.99 Å². The van der Waals surface area contributed by atoms with Crippen molar-refractivity contribution < 1.29 is 4.39 Å². The molecule has 5 heteroatoms. The van der Waals surface area contributed by atoms with Gasteiger partial charge in [0.15, 0.2) is 5.96 Å². The summed E-state index contributed by atoms with van der Waals surface area (Å²) in [5.74, 6) is 0.750. The summed E-state index contributed by atoms with van der Waals surface area (Å²) in [6.45, 7) is 5.57. The zero-order valence-electron chi connectivity index (χ0n) is 12.2. The summed E-state index contributed by atoms with van der Waals surface area (Å²) < 4.78 is 13.4. The highest BCUT2D eigenvalue weighted by molar-refractivity contribution is 7.98. The van der Waals surface area contributed by atoms with Crippen LogP contribution in [0.5, 0.6) is 0 Å². The molecular formula is C15H22FN3S. The number of likely N-dealkylation sites (tertiary alicyclic amines) is 1. The van der Waals surface area contributed by atoms with E-state index in [1.165, 1.54) is 18.9 Å². The standard InChI is InChI=1S/C15H22FN3S/c1-3-17-15(19-8-4-5-9-19)18-11-12-10-13(16)6-7-14(12)20-2/h6-7,10H,3-5,8-9,11H2,1-2H3,(H,17,18). The van der Waals surface area contributed by atoms with E-state index in [1.807, 2.05) is 12.3 Å². The molecule has 1 heterocycles. The number of nitrogens with one attached hydrogen (secondary N) is 1. The third-order valence-corrected chi connectivity index (χ3v) is 4.22. The van der Waals surface area contributed by atoms with Crippen LogP contribution in [0.2, 0.25) is 0 Å². The summed E-state index contributed by atoms with van der Waals surface area (Å²) >= 11 is 1.63. The number of hydrogen-bond donors (Lipinski definition) is 1. The number of nitrogens with zero attached hydrogens (tertiary/aromatic N) is 2. The van der Waals surface area contributed by atoms with E-state index < -0.39 is 0 Å². The van der Waals surface area contributed by atoms with Crippen molar-refractivity contribution in [3.05, 3.63) is 29.6 Å².